The molecule has 1 aromatic carbocycles. The van der Waals surface area contributed by atoms with Gasteiger partial charge in [0.1, 0.15) is 0 Å². The van der Waals surface area contributed by atoms with Gasteiger partial charge >= 0.3 is 0 Å². The SMILES string of the molecule is C=C(c1cccc(F)c1F)N(C)C. The lowest BCUT2D eigenvalue weighted by atomic mass is 10.1. The van der Waals surface area contributed by atoms with Crippen LogP contribution in [0.3, 0.4) is 0 Å². The average molecular weight is 183 g/mol. The van der Waals surface area contributed by atoms with E-state index in [1.54, 1.807) is 19.0 Å². The Morgan fingerprint density at radius 3 is 2.46 bits per heavy atom. The Morgan fingerprint density at radius 2 is 1.92 bits per heavy atom. The monoisotopic (exact) mass is 183 g/mol. The van der Waals surface area contributed by atoms with E-state index >= 15 is 0 Å². The minimum absolute atomic E-state index is 0.199. The lowest BCUT2D eigenvalue weighted by Gasteiger charge is -2.16. The number of halogens is 2. The molecule has 1 aromatic rings. The fraction of sp³-hybridized carbons (Fsp3) is 0.200. The summed E-state index contributed by atoms with van der Waals surface area (Å²) in [6.07, 6.45) is 0. The molecule has 0 aliphatic heterocycles. The lowest BCUT2D eigenvalue weighted by Crippen LogP contribution is -2.10. The molecule has 70 valence electrons. The zero-order valence-electron chi connectivity index (χ0n) is 7.64. The van der Waals surface area contributed by atoms with Crippen LogP contribution in [-0.2, 0) is 0 Å². The van der Waals surface area contributed by atoms with Gasteiger partial charge in [-0.15, -0.1) is 0 Å². The highest BCUT2D eigenvalue weighted by molar-refractivity contribution is 5.61. The van der Waals surface area contributed by atoms with Crippen LogP contribution in [0.1, 0.15) is 5.56 Å². The van der Waals surface area contributed by atoms with E-state index in [0.717, 1.165) is 6.07 Å². The van der Waals surface area contributed by atoms with Gasteiger partial charge in [0.05, 0.1) is 0 Å². The Labute approximate surface area is 76.3 Å². The van der Waals surface area contributed by atoms with Gasteiger partial charge in [-0.2, -0.15) is 0 Å². The third kappa shape index (κ3) is 1.86. The molecule has 0 aliphatic carbocycles. The third-order valence-corrected chi connectivity index (χ3v) is 1.80. The van der Waals surface area contributed by atoms with Crippen molar-refractivity contribution in [3.8, 4) is 0 Å². The smallest absolute Gasteiger partial charge is 0.168 e. The zero-order valence-corrected chi connectivity index (χ0v) is 7.64. The van der Waals surface area contributed by atoms with Crippen molar-refractivity contribution in [2.75, 3.05) is 14.1 Å². The van der Waals surface area contributed by atoms with Crippen LogP contribution in [0.4, 0.5) is 8.78 Å². The number of hydrogen-bond donors (Lipinski definition) is 0. The second-order valence-electron chi connectivity index (χ2n) is 2.94. The minimum atomic E-state index is -0.847. The molecular formula is C10H11F2N. The quantitative estimate of drug-likeness (QED) is 0.680. The van der Waals surface area contributed by atoms with Gasteiger partial charge in [0.2, 0.25) is 0 Å². The first-order chi connectivity index (χ1) is 6.04. The molecule has 13 heavy (non-hydrogen) atoms. The molecule has 0 aliphatic rings. The van der Waals surface area contributed by atoms with Gasteiger partial charge in [0.25, 0.3) is 0 Å². The van der Waals surface area contributed by atoms with Crippen molar-refractivity contribution in [3.05, 3.63) is 42.0 Å². The Bertz CT molecular complexity index is 332. The van der Waals surface area contributed by atoms with Crippen LogP contribution in [0.15, 0.2) is 24.8 Å². The van der Waals surface area contributed by atoms with Gasteiger partial charge in [-0.25, -0.2) is 8.78 Å². The lowest BCUT2D eigenvalue weighted by molar-refractivity contribution is 0.499. The van der Waals surface area contributed by atoms with Crippen molar-refractivity contribution < 1.29 is 8.78 Å². The molecule has 3 heteroatoms. The van der Waals surface area contributed by atoms with Crippen molar-refractivity contribution in [1.29, 1.82) is 0 Å². The van der Waals surface area contributed by atoms with E-state index in [1.807, 2.05) is 0 Å². The summed E-state index contributed by atoms with van der Waals surface area (Å²) in [4.78, 5) is 1.64. The Balaban J connectivity index is 3.15. The number of rotatable bonds is 2. The van der Waals surface area contributed by atoms with E-state index in [9.17, 15) is 8.78 Å². The summed E-state index contributed by atoms with van der Waals surface area (Å²) in [6.45, 7) is 3.65. The molecule has 0 aromatic heterocycles. The van der Waals surface area contributed by atoms with Crippen LogP contribution < -0.4 is 0 Å². The highest BCUT2D eigenvalue weighted by atomic mass is 19.2. The number of hydrogen-bond acceptors (Lipinski definition) is 1. The van der Waals surface area contributed by atoms with Crippen LogP contribution in [0, 0.1) is 11.6 Å². The first-order valence-electron chi connectivity index (χ1n) is 3.84. The summed E-state index contributed by atoms with van der Waals surface area (Å²) in [5.74, 6) is -1.69. The molecule has 0 unspecified atom stereocenters. The summed E-state index contributed by atoms with van der Waals surface area (Å²) in [5, 5.41) is 0. The van der Waals surface area contributed by atoms with Crippen LogP contribution in [-0.4, -0.2) is 19.0 Å². The molecule has 0 amide bonds. The van der Waals surface area contributed by atoms with Crippen LogP contribution >= 0.6 is 0 Å². The molecule has 0 fully saturated rings. The highest BCUT2D eigenvalue weighted by Crippen LogP contribution is 2.19. The van der Waals surface area contributed by atoms with Crippen LogP contribution in [0.25, 0.3) is 5.70 Å². The van der Waals surface area contributed by atoms with E-state index in [4.69, 9.17) is 0 Å². The molecule has 0 atom stereocenters. The maximum Gasteiger partial charge on any atom is 0.168 e. The van der Waals surface area contributed by atoms with Crippen molar-refractivity contribution >= 4 is 5.70 Å². The molecule has 0 spiro atoms. The maximum absolute atomic E-state index is 13.1. The van der Waals surface area contributed by atoms with Crippen molar-refractivity contribution in [3.63, 3.8) is 0 Å². The van der Waals surface area contributed by atoms with Gasteiger partial charge in [0.15, 0.2) is 11.6 Å². The molecule has 0 heterocycles. The molecular weight excluding hydrogens is 172 g/mol. The second-order valence-corrected chi connectivity index (χ2v) is 2.94. The van der Waals surface area contributed by atoms with Gasteiger partial charge in [-0.3, -0.25) is 0 Å². The van der Waals surface area contributed by atoms with Gasteiger partial charge < -0.3 is 4.90 Å². The van der Waals surface area contributed by atoms with Crippen molar-refractivity contribution in [1.82, 2.24) is 4.90 Å². The second kappa shape index (κ2) is 3.56. The van der Waals surface area contributed by atoms with E-state index in [1.165, 1.54) is 12.1 Å². The van der Waals surface area contributed by atoms with Gasteiger partial charge in [-0.1, -0.05) is 12.6 Å². The normalized spacial score (nSPS) is 9.85. The van der Waals surface area contributed by atoms with Crippen molar-refractivity contribution in [2.24, 2.45) is 0 Å². The molecule has 0 saturated heterocycles. The third-order valence-electron chi connectivity index (χ3n) is 1.80. The van der Waals surface area contributed by atoms with E-state index in [2.05, 4.69) is 6.58 Å². The Hall–Kier alpha value is -1.38. The maximum atomic E-state index is 13.1. The summed E-state index contributed by atoms with van der Waals surface area (Å²) in [5.41, 5.74) is 0.655. The molecule has 0 N–H and O–H groups in total. The van der Waals surface area contributed by atoms with E-state index in [0.29, 0.717) is 5.70 Å². The number of benzene rings is 1. The largest absolute Gasteiger partial charge is 0.378 e. The van der Waals surface area contributed by atoms with Crippen molar-refractivity contribution in [2.45, 2.75) is 0 Å². The predicted octanol–water partition coefficient (Wildman–Crippen LogP) is 2.50. The molecule has 0 saturated carbocycles. The Kier molecular flexibility index (Phi) is 2.66. The first-order valence-corrected chi connectivity index (χ1v) is 3.84. The molecule has 1 rings (SSSR count). The van der Waals surface area contributed by atoms with E-state index in [-0.39, 0.29) is 5.56 Å². The minimum Gasteiger partial charge on any atom is -0.378 e. The van der Waals surface area contributed by atoms with Crippen LogP contribution in [0.5, 0.6) is 0 Å². The summed E-state index contributed by atoms with van der Waals surface area (Å²) < 4.78 is 25.9. The van der Waals surface area contributed by atoms with E-state index < -0.39 is 11.6 Å². The standard InChI is InChI=1S/C10H11F2N/c1-7(13(2)3)8-5-4-6-9(11)10(8)12/h4-6H,1H2,2-3H3. The Morgan fingerprint density at radius 1 is 1.31 bits per heavy atom. The zero-order chi connectivity index (χ0) is 10.0. The fourth-order valence-electron chi connectivity index (χ4n) is 0.968. The summed E-state index contributed by atoms with van der Waals surface area (Å²) >= 11 is 0. The first kappa shape index (κ1) is 9.71. The van der Waals surface area contributed by atoms with Gasteiger partial charge in [0, 0.05) is 25.4 Å². The topological polar surface area (TPSA) is 3.24 Å². The number of nitrogens with zero attached hydrogens (tertiary/aromatic N) is 1. The molecule has 0 radical (unpaired) electrons. The average Bonchev–Trinajstić information content (AvgIpc) is 2.08. The predicted molar refractivity (Wildman–Crippen MR) is 49.1 cm³/mol. The molecule has 0 bridgehead atoms. The van der Waals surface area contributed by atoms with Crippen LogP contribution in [0.2, 0.25) is 0 Å². The molecule has 1 nitrogen and oxygen atoms in total. The summed E-state index contributed by atoms with van der Waals surface area (Å²) in [6, 6.07) is 4.05. The highest BCUT2D eigenvalue weighted by Gasteiger charge is 2.10. The summed E-state index contributed by atoms with van der Waals surface area (Å²) in [7, 11) is 3.46. The fourth-order valence-corrected chi connectivity index (χ4v) is 0.968. The van der Waals surface area contributed by atoms with Gasteiger partial charge in [-0.05, 0) is 12.1 Å².